The van der Waals surface area contributed by atoms with Gasteiger partial charge in [-0.2, -0.15) is 0 Å². The predicted molar refractivity (Wildman–Crippen MR) is 62.9 cm³/mol. The second-order valence-electron chi connectivity index (χ2n) is 4.12. The molecule has 0 fully saturated rings. The minimum atomic E-state index is -1.91. The summed E-state index contributed by atoms with van der Waals surface area (Å²) in [6.07, 6.45) is 2.79. The van der Waals surface area contributed by atoms with Crippen molar-refractivity contribution in [1.82, 2.24) is 15.3 Å². The van der Waals surface area contributed by atoms with E-state index in [0.717, 1.165) is 0 Å². The van der Waals surface area contributed by atoms with Crippen molar-refractivity contribution < 1.29 is 24.9 Å². The van der Waals surface area contributed by atoms with Crippen LogP contribution < -0.4 is 11.1 Å². The molecule has 0 spiro atoms. The second-order valence-corrected chi connectivity index (χ2v) is 4.12. The van der Waals surface area contributed by atoms with Gasteiger partial charge >= 0.3 is 5.97 Å². The summed E-state index contributed by atoms with van der Waals surface area (Å²) in [7, 11) is 0. The number of carbonyl (C=O) groups is 2. The van der Waals surface area contributed by atoms with Crippen LogP contribution in [0.15, 0.2) is 12.5 Å². The summed E-state index contributed by atoms with van der Waals surface area (Å²) in [5, 5.41) is 29.1. The van der Waals surface area contributed by atoms with Gasteiger partial charge in [0.25, 0.3) is 0 Å². The van der Waals surface area contributed by atoms with E-state index in [1.807, 2.05) is 0 Å². The molecule has 0 aliphatic heterocycles. The molecule has 0 aliphatic rings. The number of aliphatic hydroxyl groups excluding tert-OH is 2. The van der Waals surface area contributed by atoms with Crippen molar-refractivity contribution in [2.45, 2.75) is 18.0 Å². The number of aromatic amines is 1. The molecule has 9 nitrogen and oxygen atoms in total. The lowest BCUT2D eigenvalue weighted by molar-refractivity contribution is -0.143. The van der Waals surface area contributed by atoms with E-state index in [9.17, 15) is 9.59 Å². The number of hydrogen-bond acceptors (Lipinski definition) is 6. The van der Waals surface area contributed by atoms with Gasteiger partial charge in [-0.15, -0.1) is 0 Å². The van der Waals surface area contributed by atoms with E-state index in [4.69, 9.17) is 21.1 Å². The van der Waals surface area contributed by atoms with Crippen LogP contribution >= 0.6 is 0 Å². The number of nitrogens with two attached hydrogens (primary N) is 1. The quantitative estimate of drug-likeness (QED) is 0.312. The Hall–Kier alpha value is -1.97. The molecule has 0 saturated heterocycles. The van der Waals surface area contributed by atoms with Crippen molar-refractivity contribution in [3.8, 4) is 0 Å². The zero-order valence-corrected chi connectivity index (χ0v) is 10.0. The van der Waals surface area contributed by atoms with Gasteiger partial charge in [-0.25, -0.2) is 9.78 Å². The van der Waals surface area contributed by atoms with Gasteiger partial charge < -0.3 is 31.4 Å². The topological polar surface area (TPSA) is 162 Å². The average Bonchev–Trinajstić information content (AvgIpc) is 2.89. The maximum Gasteiger partial charge on any atom is 0.326 e. The van der Waals surface area contributed by atoms with Gasteiger partial charge in [0.15, 0.2) is 0 Å². The first-order valence-corrected chi connectivity index (χ1v) is 5.44. The Kier molecular flexibility index (Phi) is 4.98. The van der Waals surface area contributed by atoms with Crippen molar-refractivity contribution in [3.05, 3.63) is 18.2 Å². The number of carbonyl (C=O) groups excluding carboxylic acids is 1. The molecule has 1 atom stereocenters. The fraction of sp³-hybridized carbons (Fsp3) is 0.500. The number of nitrogens with zero attached hydrogens (tertiary/aromatic N) is 1. The highest BCUT2D eigenvalue weighted by Gasteiger charge is 2.35. The molecule has 0 aromatic carbocycles. The molecule has 0 aliphatic carbocycles. The van der Waals surface area contributed by atoms with Crippen molar-refractivity contribution in [2.75, 3.05) is 13.2 Å². The van der Waals surface area contributed by atoms with Crippen molar-refractivity contribution in [2.24, 2.45) is 5.73 Å². The van der Waals surface area contributed by atoms with Crippen LogP contribution in [0.1, 0.15) is 5.69 Å². The molecule has 1 heterocycles. The third kappa shape index (κ3) is 3.74. The van der Waals surface area contributed by atoms with E-state index >= 15 is 0 Å². The van der Waals surface area contributed by atoms with Crippen LogP contribution in [-0.4, -0.2) is 62.0 Å². The molecular formula is C10H16N4O5. The molecule has 19 heavy (non-hydrogen) atoms. The summed E-state index contributed by atoms with van der Waals surface area (Å²) in [6.45, 7) is -1.60. The van der Waals surface area contributed by atoms with Gasteiger partial charge in [0.2, 0.25) is 5.91 Å². The molecule has 0 saturated carbocycles. The lowest BCUT2D eigenvalue weighted by Crippen LogP contribution is -2.62. The minimum Gasteiger partial charge on any atom is -0.480 e. The molecule has 1 aromatic rings. The number of H-pyrrole nitrogens is 1. The van der Waals surface area contributed by atoms with E-state index in [2.05, 4.69) is 15.3 Å². The number of hydrogen-bond donors (Lipinski definition) is 6. The predicted octanol–water partition coefficient (Wildman–Crippen LogP) is -2.80. The third-order valence-electron chi connectivity index (χ3n) is 2.60. The first-order chi connectivity index (χ1) is 8.92. The lowest BCUT2D eigenvalue weighted by Gasteiger charge is -2.25. The normalized spacial score (nSPS) is 13.0. The van der Waals surface area contributed by atoms with Crippen LogP contribution in [0.4, 0.5) is 0 Å². The zero-order valence-electron chi connectivity index (χ0n) is 10.0. The van der Waals surface area contributed by atoms with Gasteiger partial charge in [-0.1, -0.05) is 0 Å². The smallest absolute Gasteiger partial charge is 0.326 e. The molecule has 1 aromatic heterocycles. The van der Waals surface area contributed by atoms with Gasteiger partial charge in [0.1, 0.15) is 11.6 Å². The molecule has 0 radical (unpaired) electrons. The Labute approximate surface area is 108 Å². The number of aliphatic hydroxyl groups is 2. The monoisotopic (exact) mass is 272 g/mol. The molecule has 1 rings (SSSR count). The largest absolute Gasteiger partial charge is 0.480 e. The molecule has 9 heteroatoms. The number of carboxylic acids is 1. The highest BCUT2D eigenvalue weighted by Crippen LogP contribution is 2.03. The molecule has 0 bridgehead atoms. The minimum absolute atomic E-state index is 0.0198. The molecule has 7 N–H and O–H groups in total. The number of imidazole rings is 1. The number of aliphatic carboxylic acids is 1. The van der Waals surface area contributed by atoms with Crippen LogP contribution in [0.3, 0.4) is 0 Å². The number of aromatic nitrogens is 2. The number of carboxylic acid groups (broad SMARTS) is 1. The SMILES string of the molecule is NC(CO)(CO)C(=O)N[C@@H](Cc1cnc[nH]1)C(=O)O. The van der Waals surface area contributed by atoms with Crippen molar-refractivity contribution >= 4 is 11.9 Å². The molecule has 106 valence electrons. The molecular weight excluding hydrogens is 256 g/mol. The molecule has 1 amide bonds. The summed E-state index contributed by atoms with van der Waals surface area (Å²) in [5.41, 5.74) is 4.04. The van der Waals surface area contributed by atoms with Gasteiger partial charge in [0, 0.05) is 18.3 Å². The van der Waals surface area contributed by atoms with Gasteiger partial charge in [0.05, 0.1) is 19.5 Å². The lowest BCUT2D eigenvalue weighted by atomic mass is 10.0. The first kappa shape index (κ1) is 15.1. The number of rotatable bonds is 7. The summed E-state index contributed by atoms with van der Waals surface area (Å²) in [6, 6.07) is -1.24. The van der Waals surface area contributed by atoms with E-state index in [0.29, 0.717) is 5.69 Å². The fourth-order valence-corrected chi connectivity index (χ4v) is 1.31. The van der Waals surface area contributed by atoms with Gasteiger partial charge in [-0.05, 0) is 0 Å². The Morgan fingerprint density at radius 3 is 2.53 bits per heavy atom. The number of nitrogens with one attached hydrogen (secondary N) is 2. The van der Waals surface area contributed by atoms with Crippen LogP contribution in [0.2, 0.25) is 0 Å². The maximum absolute atomic E-state index is 11.7. The Bertz CT molecular complexity index is 429. The summed E-state index contributed by atoms with van der Waals surface area (Å²) >= 11 is 0. The number of amides is 1. The van der Waals surface area contributed by atoms with E-state index in [1.54, 1.807) is 0 Å². The van der Waals surface area contributed by atoms with Crippen LogP contribution in [-0.2, 0) is 16.0 Å². The average molecular weight is 272 g/mol. The Morgan fingerprint density at radius 1 is 1.47 bits per heavy atom. The maximum atomic E-state index is 11.7. The second kappa shape index (κ2) is 6.27. The third-order valence-corrected chi connectivity index (χ3v) is 2.60. The van der Waals surface area contributed by atoms with E-state index in [1.165, 1.54) is 12.5 Å². The molecule has 0 unspecified atom stereocenters. The fourth-order valence-electron chi connectivity index (χ4n) is 1.31. The van der Waals surface area contributed by atoms with Crippen LogP contribution in [0.5, 0.6) is 0 Å². The van der Waals surface area contributed by atoms with Gasteiger partial charge in [-0.3, -0.25) is 4.79 Å². The van der Waals surface area contributed by atoms with Crippen LogP contribution in [0.25, 0.3) is 0 Å². The standard InChI is InChI=1S/C10H16N4O5/c11-10(3-15,4-16)9(19)14-7(8(17)18)1-6-2-12-5-13-6/h2,5,7,15-16H,1,3-4,11H2,(H,12,13)(H,14,19)(H,17,18)/t7-/m0/s1. The highest BCUT2D eigenvalue weighted by molar-refractivity contribution is 5.90. The summed E-state index contributed by atoms with van der Waals surface area (Å²) in [5.74, 6) is -2.20. The Morgan fingerprint density at radius 2 is 2.11 bits per heavy atom. The van der Waals surface area contributed by atoms with Crippen molar-refractivity contribution in [3.63, 3.8) is 0 Å². The van der Waals surface area contributed by atoms with E-state index < -0.39 is 36.7 Å². The van der Waals surface area contributed by atoms with Crippen molar-refractivity contribution in [1.29, 1.82) is 0 Å². The van der Waals surface area contributed by atoms with E-state index in [-0.39, 0.29) is 6.42 Å². The summed E-state index contributed by atoms with van der Waals surface area (Å²) in [4.78, 5) is 29.2. The zero-order chi connectivity index (χ0) is 14.5. The summed E-state index contributed by atoms with van der Waals surface area (Å²) < 4.78 is 0. The highest BCUT2D eigenvalue weighted by atomic mass is 16.4. The van der Waals surface area contributed by atoms with Crippen LogP contribution in [0, 0.1) is 0 Å². The first-order valence-electron chi connectivity index (χ1n) is 5.44. The Balaban J connectivity index is 2.74.